The highest BCUT2D eigenvalue weighted by Crippen LogP contribution is 2.28. The van der Waals surface area contributed by atoms with E-state index in [1.165, 1.54) is 34.5 Å². The topological polar surface area (TPSA) is 93.2 Å². The number of nitrogens with zero attached hydrogens (tertiary/aromatic N) is 2. The van der Waals surface area contributed by atoms with Gasteiger partial charge < -0.3 is 14.4 Å². The molecule has 0 N–H and O–H groups in total. The van der Waals surface area contributed by atoms with Crippen LogP contribution in [0, 0.1) is 0 Å². The van der Waals surface area contributed by atoms with Crippen molar-refractivity contribution in [2.75, 3.05) is 33.4 Å². The summed E-state index contributed by atoms with van der Waals surface area (Å²) in [7, 11) is -2.46. The van der Waals surface area contributed by atoms with Gasteiger partial charge in [0.1, 0.15) is 17.2 Å². The standard InChI is InChI=1S/C19H30N2O6S/c1-7-20(8-2)28(24,25)17-12-15(10-11-16(17)26-6)19(23)21(14(4)5)13-18(22)27-9-3/h10-12,14H,7-9,13H2,1-6H3. The molecule has 0 aliphatic rings. The smallest absolute Gasteiger partial charge is 0.325 e. The molecular weight excluding hydrogens is 384 g/mol. The first-order valence-corrected chi connectivity index (χ1v) is 10.7. The van der Waals surface area contributed by atoms with E-state index in [9.17, 15) is 18.0 Å². The Morgan fingerprint density at radius 2 is 1.71 bits per heavy atom. The Bertz CT molecular complexity index is 788. The highest BCUT2D eigenvalue weighted by atomic mass is 32.2. The molecule has 0 radical (unpaired) electrons. The molecule has 1 amide bonds. The molecule has 0 saturated carbocycles. The average Bonchev–Trinajstić information content (AvgIpc) is 2.65. The number of amides is 1. The highest BCUT2D eigenvalue weighted by molar-refractivity contribution is 7.89. The van der Waals surface area contributed by atoms with E-state index in [-0.39, 0.29) is 35.4 Å². The van der Waals surface area contributed by atoms with Gasteiger partial charge in [-0.3, -0.25) is 9.59 Å². The van der Waals surface area contributed by atoms with Crippen molar-refractivity contribution in [3.05, 3.63) is 23.8 Å². The van der Waals surface area contributed by atoms with E-state index in [1.807, 2.05) is 0 Å². The third kappa shape index (κ3) is 5.45. The number of carbonyl (C=O) groups excluding carboxylic acids is 2. The summed E-state index contributed by atoms with van der Waals surface area (Å²) in [5.74, 6) is -0.819. The first kappa shape index (κ1) is 23.9. The van der Waals surface area contributed by atoms with Gasteiger partial charge in [0.15, 0.2) is 0 Å². The normalized spacial score (nSPS) is 11.6. The highest BCUT2D eigenvalue weighted by Gasteiger charge is 2.29. The van der Waals surface area contributed by atoms with Gasteiger partial charge in [-0.05, 0) is 39.0 Å². The molecule has 0 bridgehead atoms. The Kier molecular flexibility index (Phi) is 8.90. The molecule has 8 nitrogen and oxygen atoms in total. The average molecular weight is 415 g/mol. The molecular formula is C19H30N2O6S. The summed E-state index contributed by atoms with van der Waals surface area (Å²) in [5.41, 5.74) is 0.157. The predicted molar refractivity (Wildman–Crippen MR) is 106 cm³/mol. The van der Waals surface area contributed by atoms with Gasteiger partial charge >= 0.3 is 5.97 Å². The number of hydrogen-bond acceptors (Lipinski definition) is 6. The zero-order chi connectivity index (χ0) is 21.5. The lowest BCUT2D eigenvalue weighted by Crippen LogP contribution is -2.41. The fraction of sp³-hybridized carbons (Fsp3) is 0.579. The summed E-state index contributed by atoms with van der Waals surface area (Å²) in [5, 5.41) is 0. The molecule has 0 saturated heterocycles. The van der Waals surface area contributed by atoms with Gasteiger partial charge in [0.05, 0.1) is 13.7 Å². The Labute approximate surface area is 167 Å². The number of esters is 1. The van der Waals surface area contributed by atoms with Crippen LogP contribution in [0.2, 0.25) is 0 Å². The summed E-state index contributed by atoms with van der Waals surface area (Å²) >= 11 is 0. The molecule has 0 fully saturated rings. The summed E-state index contributed by atoms with van der Waals surface area (Å²) in [4.78, 5) is 26.1. The number of hydrogen-bond donors (Lipinski definition) is 0. The molecule has 0 aliphatic carbocycles. The molecule has 158 valence electrons. The maximum Gasteiger partial charge on any atom is 0.325 e. The minimum absolute atomic E-state index is 0.0793. The van der Waals surface area contributed by atoms with Crippen molar-refractivity contribution in [3.63, 3.8) is 0 Å². The zero-order valence-corrected chi connectivity index (χ0v) is 18.2. The quantitative estimate of drug-likeness (QED) is 0.545. The largest absolute Gasteiger partial charge is 0.495 e. The summed E-state index contributed by atoms with van der Waals surface area (Å²) < 4.78 is 37.3. The molecule has 0 atom stereocenters. The van der Waals surface area contributed by atoms with Crippen LogP contribution >= 0.6 is 0 Å². The van der Waals surface area contributed by atoms with Crippen LogP contribution < -0.4 is 4.74 Å². The number of carbonyl (C=O) groups is 2. The third-order valence-electron chi connectivity index (χ3n) is 4.22. The second kappa shape index (κ2) is 10.4. The monoisotopic (exact) mass is 414 g/mol. The van der Waals surface area contributed by atoms with E-state index >= 15 is 0 Å². The van der Waals surface area contributed by atoms with E-state index in [0.717, 1.165) is 0 Å². The second-order valence-corrected chi connectivity index (χ2v) is 8.19. The molecule has 0 aliphatic heterocycles. The molecule has 1 rings (SSSR count). The van der Waals surface area contributed by atoms with Crippen molar-refractivity contribution in [2.45, 2.75) is 45.6 Å². The molecule has 0 spiro atoms. The van der Waals surface area contributed by atoms with Gasteiger partial charge in [0.2, 0.25) is 10.0 Å². The first-order chi connectivity index (χ1) is 13.1. The summed E-state index contributed by atoms with van der Waals surface area (Å²) in [6, 6.07) is 3.96. The van der Waals surface area contributed by atoms with Crippen LogP contribution in [0.5, 0.6) is 5.75 Å². The Morgan fingerprint density at radius 3 is 2.18 bits per heavy atom. The number of sulfonamides is 1. The van der Waals surface area contributed by atoms with Crippen LogP contribution in [0.3, 0.4) is 0 Å². The Morgan fingerprint density at radius 1 is 1.11 bits per heavy atom. The number of ether oxygens (including phenoxy) is 2. The summed E-state index contributed by atoms with van der Waals surface area (Å²) in [6.07, 6.45) is 0. The number of benzene rings is 1. The Hall–Kier alpha value is -2.13. The molecule has 0 heterocycles. The molecule has 9 heteroatoms. The predicted octanol–water partition coefficient (Wildman–Crippen LogP) is 2.14. The maximum absolute atomic E-state index is 13.0. The fourth-order valence-corrected chi connectivity index (χ4v) is 4.35. The maximum atomic E-state index is 13.0. The zero-order valence-electron chi connectivity index (χ0n) is 17.4. The molecule has 0 unspecified atom stereocenters. The lowest BCUT2D eigenvalue weighted by atomic mass is 10.1. The van der Waals surface area contributed by atoms with Crippen molar-refractivity contribution < 1.29 is 27.5 Å². The van der Waals surface area contributed by atoms with E-state index in [2.05, 4.69) is 0 Å². The van der Waals surface area contributed by atoms with Crippen molar-refractivity contribution >= 4 is 21.9 Å². The van der Waals surface area contributed by atoms with Gasteiger partial charge in [0, 0.05) is 24.7 Å². The first-order valence-electron chi connectivity index (χ1n) is 9.28. The van der Waals surface area contributed by atoms with Crippen molar-refractivity contribution in [1.82, 2.24) is 9.21 Å². The van der Waals surface area contributed by atoms with E-state index in [0.29, 0.717) is 13.1 Å². The number of rotatable bonds is 10. The lowest BCUT2D eigenvalue weighted by molar-refractivity contribution is -0.144. The second-order valence-electron chi connectivity index (χ2n) is 6.29. The Balaban J connectivity index is 3.38. The van der Waals surface area contributed by atoms with E-state index < -0.39 is 21.9 Å². The minimum Gasteiger partial charge on any atom is -0.495 e. The summed E-state index contributed by atoms with van der Waals surface area (Å²) in [6.45, 7) is 9.30. The van der Waals surface area contributed by atoms with E-state index in [4.69, 9.17) is 9.47 Å². The fourth-order valence-electron chi connectivity index (χ4n) is 2.71. The van der Waals surface area contributed by atoms with Gasteiger partial charge in [-0.2, -0.15) is 4.31 Å². The van der Waals surface area contributed by atoms with Crippen LogP contribution in [0.15, 0.2) is 23.1 Å². The van der Waals surface area contributed by atoms with E-state index in [1.54, 1.807) is 34.6 Å². The van der Waals surface area contributed by atoms with Gasteiger partial charge in [0.25, 0.3) is 5.91 Å². The third-order valence-corrected chi connectivity index (χ3v) is 6.29. The molecule has 28 heavy (non-hydrogen) atoms. The van der Waals surface area contributed by atoms with Crippen LogP contribution in [0.1, 0.15) is 45.0 Å². The van der Waals surface area contributed by atoms with Gasteiger partial charge in [-0.1, -0.05) is 13.8 Å². The minimum atomic E-state index is -3.83. The van der Waals surface area contributed by atoms with Crippen LogP contribution in [-0.2, 0) is 19.6 Å². The van der Waals surface area contributed by atoms with Gasteiger partial charge in [-0.25, -0.2) is 8.42 Å². The van der Waals surface area contributed by atoms with Crippen LogP contribution in [0.4, 0.5) is 0 Å². The lowest BCUT2D eigenvalue weighted by Gasteiger charge is -2.26. The molecule has 0 aromatic heterocycles. The SMILES string of the molecule is CCOC(=O)CN(C(=O)c1ccc(OC)c(S(=O)(=O)N(CC)CC)c1)C(C)C. The van der Waals surface area contributed by atoms with Crippen molar-refractivity contribution in [3.8, 4) is 5.75 Å². The van der Waals surface area contributed by atoms with Crippen molar-refractivity contribution in [2.24, 2.45) is 0 Å². The van der Waals surface area contributed by atoms with Crippen LogP contribution in [0.25, 0.3) is 0 Å². The van der Waals surface area contributed by atoms with Crippen molar-refractivity contribution in [1.29, 1.82) is 0 Å². The molecule has 1 aromatic carbocycles. The van der Waals surface area contributed by atoms with Gasteiger partial charge in [-0.15, -0.1) is 0 Å². The molecule has 1 aromatic rings. The number of methoxy groups -OCH3 is 1. The van der Waals surface area contributed by atoms with Crippen LogP contribution in [-0.4, -0.2) is 68.9 Å².